The van der Waals surface area contributed by atoms with Gasteiger partial charge in [0.15, 0.2) is 0 Å². The maximum atomic E-state index is 13.0. The Morgan fingerprint density at radius 1 is 1.31 bits per heavy atom. The van der Waals surface area contributed by atoms with Gasteiger partial charge in [0.25, 0.3) is 0 Å². The second-order valence-electron chi connectivity index (χ2n) is 2.88. The predicted molar refractivity (Wildman–Crippen MR) is 51.4 cm³/mol. The first-order valence-electron chi connectivity index (χ1n) is 3.89. The van der Waals surface area contributed by atoms with Crippen LogP contribution in [-0.2, 0) is 0 Å². The van der Waals surface area contributed by atoms with Gasteiger partial charge in [0, 0.05) is 22.7 Å². The summed E-state index contributed by atoms with van der Waals surface area (Å²) in [5, 5.41) is 2.04. The summed E-state index contributed by atoms with van der Waals surface area (Å²) in [7, 11) is 0. The second kappa shape index (κ2) is 2.96. The molecule has 0 unspecified atom stereocenters. The Balaban J connectivity index is 2.94. The molecule has 0 atom stereocenters. The van der Waals surface area contributed by atoms with Crippen molar-refractivity contribution >= 4 is 22.4 Å². The van der Waals surface area contributed by atoms with Crippen molar-refractivity contribution in [3.05, 3.63) is 40.9 Å². The molecule has 1 aromatic carbocycles. The SMILES string of the molecule is Cc1nccc2c(Cl)cc(F)cc12. The molecule has 66 valence electrons. The number of pyridine rings is 1. The van der Waals surface area contributed by atoms with E-state index in [1.807, 2.05) is 6.92 Å². The minimum Gasteiger partial charge on any atom is -0.261 e. The molecule has 0 radical (unpaired) electrons. The van der Waals surface area contributed by atoms with Crippen molar-refractivity contribution in [2.24, 2.45) is 0 Å². The number of hydrogen-bond acceptors (Lipinski definition) is 1. The largest absolute Gasteiger partial charge is 0.261 e. The summed E-state index contributed by atoms with van der Waals surface area (Å²) in [6.07, 6.45) is 1.67. The van der Waals surface area contributed by atoms with Crippen LogP contribution in [0, 0.1) is 12.7 Å². The smallest absolute Gasteiger partial charge is 0.125 e. The van der Waals surface area contributed by atoms with Gasteiger partial charge in [-0.2, -0.15) is 0 Å². The molecule has 0 amide bonds. The van der Waals surface area contributed by atoms with Crippen LogP contribution in [0.2, 0.25) is 5.02 Å². The lowest BCUT2D eigenvalue weighted by molar-refractivity contribution is 0.629. The molecule has 0 N–H and O–H groups in total. The number of nitrogens with zero attached hydrogens (tertiary/aromatic N) is 1. The van der Waals surface area contributed by atoms with E-state index in [0.717, 1.165) is 16.5 Å². The Hall–Kier alpha value is -1.15. The van der Waals surface area contributed by atoms with Crippen LogP contribution >= 0.6 is 11.6 Å². The zero-order valence-electron chi connectivity index (χ0n) is 7.01. The molecule has 0 fully saturated rings. The van der Waals surface area contributed by atoms with E-state index >= 15 is 0 Å². The fourth-order valence-electron chi connectivity index (χ4n) is 1.35. The fourth-order valence-corrected chi connectivity index (χ4v) is 1.62. The molecule has 1 heterocycles. The zero-order chi connectivity index (χ0) is 9.42. The molecular weight excluding hydrogens is 189 g/mol. The molecule has 1 aromatic heterocycles. The average molecular weight is 196 g/mol. The van der Waals surface area contributed by atoms with Crippen LogP contribution in [0.25, 0.3) is 10.8 Å². The van der Waals surface area contributed by atoms with Crippen LogP contribution < -0.4 is 0 Å². The van der Waals surface area contributed by atoms with Crippen LogP contribution in [0.4, 0.5) is 4.39 Å². The molecule has 1 nitrogen and oxygen atoms in total. The van der Waals surface area contributed by atoms with Crippen LogP contribution in [0.5, 0.6) is 0 Å². The summed E-state index contributed by atoms with van der Waals surface area (Å²) in [6.45, 7) is 1.83. The van der Waals surface area contributed by atoms with Gasteiger partial charge < -0.3 is 0 Å². The number of halogens is 2. The molecule has 0 aliphatic rings. The average Bonchev–Trinajstić information content (AvgIpc) is 2.07. The third-order valence-electron chi connectivity index (χ3n) is 1.99. The normalized spacial score (nSPS) is 10.7. The topological polar surface area (TPSA) is 12.9 Å². The Kier molecular flexibility index (Phi) is 1.93. The van der Waals surface area contributed by atoms with E-state index in [1.54, 1.807) is 12.3 Å². The summed E-state index contributed by atoms with van der Waals surface area (Å²) in [6, 6.07) is 4.54. The Labute approximate surface area is 80.2 Å². The summed E-state index contributed by atoms with van der Waals surface area (Å²) in [5.41, 5.74) is 0.791. The van der Waals surface area contributed by atoms with Gasteiger partial charge in [-0.05, 0) is 25.1 Å². The fraction of sp³-hybridized carbons (Fsp3) is 0.100. The second-order valence-corrected chi connectivity index (χ2v) is 3.29. The first-order valence-corrected chi connectivity index (χ1v) is 4.26. The van der Waals surface area contributed by atoms with Gasteiger partial charge in [-0.15, -0.1) is 0 Å². The minimum absolute atomic E-state index is 0.325. The van der Waals surface area contributed by atoms with Gasteiger partial charge in [0.1, 0.15) is 5.82 Å². The Bertz CT molecular complexity index is 468. The molecule has 2 aromatic rings. The van der Waals surface area contributed by atoms with Gasteiger partial charge >= 0.3 is 0 Å². The number of rotatable bonds is 0. The number of hydrogen-bond donors (Lipinski definition) is 0. The molecule has 2 rings (SSSR count). The first kappa shape index (κ1) is 8.45. The van der Waals surface area contributed by atoms with Gasteiger partial charge in [0.05, 0.1) is 5.02 Å². The van der Waals surface area contributed by atoms with Crippen molar-refractivity contribution in [3.8, 4) is 0 Å². The molecule has 3 heteroatoms. The highest BCUT2D eigenvalue weighted by Gasteiger charge is 2.04. The van der Waals surface area contributed by atoms with Crippen molar-refractivity contribution in [1.82, 2.24) is 4.98 Å². The molecule has 0 spiro atoms. The predicted octanol–water partition coefficient (Wildman–Crippen LogP) is 3.34. The molecule has 0 aliphatic heterocycles. The summed E-state index contributed by atoms with van der Waals surface area (Å²) >= 11 is 5.87. The third-order valence-corrected chi connectivity index (χ3v) is 2.31. The molecule has 0 saturated carbocycles. The molecule has 13 heavy (non-hydrogen) atoms. The lowest BCUT2D eigenvalue weighted by Crippen LogP contribution is -1.85. The molecule has 0 saturated heterocycles. The van der Waals surface area contributed by atoms with Gasteiger partial charge in [-0.1, -0.05) is 11.6 Å². The van der Waals surface area contributed by atoms with E-state index in [9.17, 15) is 4.39 Å². The number of aryl methyl sites for hydroxylation is 1. The zero-order valence-corrected chi connectivity index (χ0v) is 7.77. The Morgan fingerprint density at radius 2 is 2.08 bits per heavy atom. The Morgan fingerprint density at radius 3 is 2.85 bits per heavy atom. The van der Waals surface area contributed by atoms with Crippen LogP contribution in [0.3, 0.4) is 0 Å². The van der Waals surface area contributed by atoms with E-state index in [4.69, 9.17) is 11.6 Å². The van der Waals surface area contributed by atoms with E-state index in [0.29, 0.717) is 5.02 Å². The lowest BCUT2D eigenvalue weighted by Gasteiger charge is -2.02. The van der Waals surface area contributed by atoms with Crippen molar-refractivity contribution in [2.45, 2.75) is 6.92 Å². The van der Waals surface area contributed by atoms with Crippen molar-refractivity contribution in [1.29, 1.82) is 0 Å². The van der Waals surface area contributed by atoms with Gasteiger partial charge in [-0.3, -0.25) is 4.98 Å². The molecule has 0 bridgehead atoms. The highest BCUT2D eigenvalue weighted by atomic mass is 35.5. The van der Waals surface area contributed by atoms with E-state index in [2.05, 4.69) is 4.98 Å². The number of benzene rings is 1. The third kappa shape index (κ3) is 1.38. The van der Waals surface area contributed by atoms with Crippen LogP contribution in [-0.4, -0.2) is 4.98 Å². The maximum absolute atomic E-state index is 13.0. The number of aromatic nitrogens is 1. The summed E-state index contributed by atoms with van der Waals surface area (Å²) in [4.78, 5) is 4.06. The van der Waals surface area contributed by atoms with Crippen molar-refractivity contribution in [3.63, 3.8) is 0 Å². The maximum Gasteiger partial charge on any atom is 0.125 e. The number of fused-ring (bicyclic) bond motifs is 1. The summed E-state index contributed by atoms with van der Waals surface area (Å²) < 4.78 is 13.0. The van der Waals surface area contributed by atoms with Crippen LogP contribution in [0.15, 0.2) is 24.4 Å². The van der Waals surface area contributed by atoms with Gasteiger partial charge in [-0.25, -0.2) is 4.39 Å². The minimum atomic E-state index is -0.325. The molecular formula is C10H7ClFN. The molecule has 0 aliphatic carbocycles. The van der Waals surface area contributed by atoms with Crippen molar-refractivity contribution < 1.29 is 4.39 Å². The lowest BCUT2D eigenvalue weighted by atomic mass is 10.1. The standard InChI is InChI=1S/C10H7ClFN/c1-6-9-4-7(12)5-10(11)8(9)2-3-13-6/h2-5H,1H3. The van der Waals surface area contributed by atoms with E-state index in [-0.39, 0.29) is 5.82 Å². The van der Waals surface area contributed by atoms with E-state index in [1.165, 1.54) is 12.1 Å². The van der Waals surface area contributed by atoms with Gasteiger partial charge in [0.2, 0.25) is 0 Å². The van der Waals surface area contributed by atoms with Crippen LogP contribution in [0.1, 0.15) is 5.69 Å². The first-order chi connectivity index (χ1) is 6.18. The van der Waals surface area contributed by atoms with E-state index < -0.39 is 0 Å². The highest BCUT2D eigenvalue weighted by Crippen LogP contribution is 2.25. The van der Waals surface area contributed by atoms with Crippen molar-refractivity contribution in [2.75, 3.05) is 0 Å². The summed E-state index contributed by atoms with van der Waals surface area (Å²) in [5.74, 6) is -0.325. The highest BCUT2D eigenvalue weighted by molar-refractivity contribution is 6.35. The quantitative estimate of drug-likeness (QED) is 0.628. The monoisotopic (exact) mass is 195 g/mol.